The molecule has 0 saturated heterocycles. The average Bonchev–Trinajstić information content (AvgIpc) is 1.98. The van der Waals surface area contributed by atoms with Crippen molar-refractivity contribution in [2.75, 3.05) is 6.26 Å². The summed E-state index contributed by atoms with van der Waals surface area (Å²) >= 11 is 0.535. The monoisotopic (exact) mass is 212 g/mol. The van der Waals surface area contributed by atoms with Crippen LogP contribution in [0.15, 0.2) is 16.9 Å². The van der Waals surface area contributed by atoms with Crippen LogP contribution in [-0.2, 0) is 0 Å². The number of halogens is 3. The molecule has 0 saturated carbocycles. The van der Waals surface area contributed by atoms with Crippen molar-refractivity contribution in [2.24, 2.45) is 10.7 Å². The van der Waals surface area contributed by atoms with E-state index < -0.39 is 11.2 Å². The molecule has 76 valence electrons. The zero-order valence-corrected chi connectivity index (χ0v) is 8.17. The maximum atomic E-state index is 12.1. The fourth-order valence-corrected chi connectivity index (χ4v) is 1.02. The van der Waals surface area contributed by atoms with Gasteiger partial charge in [0, 0.05) is 0 Å². The van der Waals surface area contributed by atoms with Gasteiger partial charge in [0.05, 0.1) is 0 Å². The summed E-state index contributed by atoms with van der Waals surface area (Å²) in [6, 6.07) is 0. The first kappa shape index (κ1) is 12.3. The molecule has 0 radical (unpaired) electrons. The standard InChI is InChI=1S/C7H11F3N2S/c1-3-4-5(11)12-6(13-2)7(8,9)10/h4H,3,11H2,1-2H3/b5-4+,12-6-. The third kappa shape index (κ3) is 4.82. The van der Waals surface area contributed by atoms with Crippen LogP contribution < -0.4 is 5.73 Å². The Kier molecular flexibility index (Phi) is 4.90. The molecule has 0 rings (SSSR count). The molecule has 0 unspecified atom stereocenters. The van der Waals surface area contributed by atoms with Gasteiger partial charge in [-0.2, -0.15) is 13.2 Å². The second kappa shape index (κ2) is 5.16. The van der Waals surface area contributed by atoms with Gasteiger partial charge in [-0.1, -0.05) is 6.92 Å². The number of nitrogens with two attached hydrogens (primary N) is 1. The van der Waals surface area contributed by atoms with Crippen molar-refractivity contribution in [1.29, 1.82) is 0 Å². The van der Waals surface area contributed by atoms with E-state index in [0.717, 1.165) is 0 Å². The fraction of sp³-hybridized carbons (Fsp3) is 0.571. The van der Waals surface area contributed by atoms with E-state index in [4.69, 9.17) is 5.73 Å². The van der Waals surface area contributed by atoms with E-state index in [0.29, 0.717) is 18.2 Å². The first-order valence-electron chi connectivity index (χ1n) is 3.57. The number of alkyl halides is 3. The SMILES string of the molecule is CC/C=C(N)/N=C(\SC)C(F)(F)F. The Morgan fingerprint density at radius 3 is 2.38 bits per heavy atom. The van der Waals surface area contributed by atoms with Crippen molar-refractivity contribution in [3.63, 3.8) is 0 Å². The van der Waals surface area contributed by atoms with E-state index in [2.05, 4.69) is 4.99 Å². The molecule has 0 aliphatic heterocycles. The smallest absolute Gasteiger partial charge is 0.384 e. The quantitative estimate of drug-likeness (QED) is 0.564. The highest BCUT2D eigenvalue weighted by Gasteiger charge is 2.35. The van der Waals surface area contributed by atoms with Crippen molar-refractivity contribution < 1.29 is 13.2 Å². The normalized spacial score (nSPS) is 14.8. The Morgan fingerprint density at radius 1 is 1.54 bits per heavy atom. The third-order valence-electron chi connectivity index (χ3n) is 1.08. The van der Waals surface area contributed by atoms with Gasteiger partial charge in [-0.05, 0) is 18.8 Å². The summed E-state index contributed by atoms with van der Waals surface area (Å²) in [5.74, 6) is -0.0934. The number of hydrogen-bond acceptors (Lipinski definition) is 3. The lowest BCUT2D eigenvalue weighted by Gasteiger charge is -2.06. The molecule has 0 aromatic carbocycles. The largest absolute Gasteiger partial charge is 0.439 e. The summed E-state index contributed by atoms with van der Waals surface area (Å²) in [6.45, 7) is 1.77. The summed E-state index contributed by atoms with van der Waals surface area (Å²) in [6.07, 6.45) is -1.10. The van der Waals surface area contributed by atoms with E-state index in [1.807, 2.05) is 0 Å². The van der Waals surface area contributed by atoms with Crippen molar-refractivity contribution in [3.05, 3.63) is 11.9 Å². The second-order valence-electron chi connectivity index (χ2n) is 2.16. The van der Waals surface area contributed by atoms with Gasteiger partial charge in [0.2, 0.25) is 0 Å². The molecule has 0 bridgehead atoms. The molecule has 0 amide bonds. The number of rotatable bonds is 2. The summed E-state index contributed by atoms with van der Waals surface area (Å²) in [7, 11) is 0. The number of nitrogens with zero attached hydrogens (tertiary/aromatic N) is 1. The lowest BCUT2D eigenvalue weighted by molar-refractivity contribution is -0.0554. The van der Waals surface area contributed by atoms with Crippen LogP contribution >= 0.6 is 11.8 Å². The highest BCUT2D eigenvalue weighted by atomic mass is 32.2. The Morgan fingerprint density at radius 2 is 2.08 bits per heavy atom. The first-order valence-corrected chi connectivity index (χ1v) is 4.79. The topological polar surface area (TPSA) is 38.4 Å². The average molecular weight is 212 g/mol. The van der Waals surface area contributed by atoms with Gasteiger partial charge < -0.3 is 5.73 Å². The molecule has 6 heteroatoms. The minimum Gasteiger partial charge on any atom is -0.384 e. The molecule has 0 fully saturated rings. The van der Waals surface area contributed by atoms with Crippen LogP contribution in [0.5, 0.6) is 0 Å². The molecule has 0 aliphatic rings. The summed E-state index contributed by atoms with van der Waals surface area (Å²) in [4.78, 5) is 3.25. The van der Waals surface area contributed by atoms with Gasteiger partial charge >= 0.3 is 6.18 Å². The molecule has 13 heavy (non-hydrogen) atoms. The van der Waals surface area contributed by atoms with Crippen molar-refractivity contribution in [3.8, 4) is 0 Å². The van der Waals surface area contributed by atoms with Crippen LogP contribution in [0.3, 0.4) is 0 Å². The van der Waals surface area contributed by atoms with Gasteiger partial charge in [0.15, 0.2) is 5.04 Å². The maximum Gasteiger partial charge on any atom is 0.439 e. The second-order valence-corrected chi connectivity index (χ2v) is 2.95. The minimum absolute atomic E-state index is 0.0934. The van der Waals surface area contributed by atoms with E-state index in [1.54, 1.807) is 6.92 Å². The highest BCUT2D eigenvalue weighted by molar-refractivity contribution is 8.13. The molecule has 2 nitrogen and oxygen atoms in total. The Hall–Kier alpha value is -0.650. The van der Waals surface area contributed by atoms with Crippen LogP contribution in [-0.4, -0.2) is 17.5 Å². The van der Waals surface area contributed by atoms with Gasteiger partial charge in [0.1, 0.15) is 5.82 Å². The van der Waals surface area contributed by atoms with Crippen LogP contribution in [0.4, 0.5) is 13.2 Å². The van der Waals surface area contributed by atoms with E-state index >= 15 is 0 Å². The lowest BCUT2D eigenvalue weighted by atomic mass is 10.4. The van der Waals surface area contributed by atoms with Crippen molar-refractivity contribution in [1.82, 2.24) is 0 Å². The Balaban J connectivity index is 4.67. The van der Waals surface area contributed by atoms with E-state index in [1.165, 1.54) is 12.3 Å². The molecule has 0 aromatic rings. The molecule has 2 N–H and O–H groups in total. The van der Waals surface area contributed by atoms with Crippen molar-refractivity contribution in [2.45, 2.75) is 19.5 Å². The lowest BCUT2D eigenvalue weighted by Crippen LogP contribution is -2.20. The molecule has 0 atom stereocenters. The summed E-state index contributed by atoms with van der Waals surface area (Å²) in [5.41, 5.74) is 5.22. The highest BCUT2D eigenvalue weighted by Crippen LogP contribution is 2.24. The van der Waals surface area contributed by atoms with Gasteiger partial charge in [-0.3, -0.25) is 0 Å². The first-order chi connectivity index (χ1) is 5.91. The zero-order valence-electron chi connectivity index (χ0n) is 7.35. The number of thioether (sulfide) groups is 1. The van der Waals surface area contributed by atoms with Crippen LogP contribution in [0.2, 0.25) is 0 Å². The van der Waals surface area contributed by atoms with Crippen LogP contribution in [0.1, 0.15) is 13.3 Å². The van der Waals surface area contributed by atoms with Crippen molar-refractivity contribution >= 4 is 16.8 Å². The van der Waals surface area contributed by atoms with Crippen LogP contribution in [0, 0.1) is 0 Å². The Bertz CT molecular complexity index is 220. The summed E-state index contributed by atoms with van der Waals surface area (Å²) < 4.78 is 36.3. The van der Waals surface area contributed by atoms with E-state index in [9.17, 15) is 13.2 Å². The Labute approximate surface area is 79.1 Å². The molecular weight excluding hydrogens is 201 g/mol. The molecule has 0 aliphatic carbocycles. The van der Waals surface area contributed by atoms with Gasteiger partial charge in [-0.25, -0.2) is 4.99 Å². The number of hydrogen-bond donors (Lipinski definition) is 1. The predicted molar refractivity (Wildman–Crippen MR) is 49.6 cm³/mol. The molecule has 0 heterocycles. The predicted octanol–water partition coefficient (Wildman–Crippen LogP) is 2.52. The number of aliphatic imine (C=N–C) groups is 1. The van der Waals surface area contributed by atoms with Gasteiger partial charge in [0.25, 0.3) is 0 Å². The maximum absolute atomic E-state index is 12.1. The van der Waals surface area contributed by atoms with Crippen LogP contribution in [0.25, 0.3) is 0 Å². The summed E-state index contributed by atoms with van der Waals surface area (Å²) in [5, 5.41) is -0.922. The number of allylic oxidation sites excluding steroid dienone is 1. The zero-order chi connectivity index (χ0) is 10.5. The molecular formula is C7H11F3N2S. The van der Waals surface area contributed by atoms with Gasteiger partial charge in [-0.15, -0.1) is 11.8 Å². The molecule has 0 spiro atoms. The van der Waals surface area contributed by atoms with E-state index in [-0.39, 0.29) is 5.82 Å². The third-order valence-corrected chi connectivity index (χ3v) is 1.79. The minimum atomic E-state index is -4.41. The molecule has 0 aromatic heterocycles. The fourth-order valence-electron chi connectivity index (χ4n) is 0.597.